The predicted octanol–water partition coefficient (Wildman–Crippen LogP) is 5.58. The Labute approximate surface area is 373 Å². The number of halogens is 2. The van der Waals surface area contributed by atoms with E-state index in [1.807, 2.05) is 53.6 Å². The number of piperazine rings is 1. The van der Waals surface area contributed by atoms with Gasteiger partial charge in [-0.05, 0) is 67.1 Å². The number of nitrogens with one attached hydrogen (secondary N) is 1. The number of benzene rings is 3. The molecule has 3 aromatic heterocycles. The molecule has 9 rings (SSSR count). The van der Waals surface area contributed by atoms with Gasteiger partial charge in [-0.2, -0.15) is 5.10 Å². The third-order valence-corrected chi connectivity index (χ3v) is 13.4. The Morgan fingerprint density at radius 1 is 0.969 bits per heavy atom. The second-order valence-electron chi connectivity index (χ2n) is 17.3. The second kappa shape index (κ2) is 17.7. The van der Waals surface area contributed by atoms with Gasteiger partial charge in [0, 0.05) is 128 Å². The molecular formula is C47H51ClFN9O6. The zero-order chi connectivity index (χ0) is 44.8. The van der Waals surface area contributed by atoms with Gasteiger partial charge in [0.25, 0.3) is 5.91 Å². The Balaban J connectivity index is 0.915. The lowest BCUT2D eigenvalue weighted by atomic mass is 9.87. The zero-order valence-electron chi connectivity index (χ0n) is 36.2. The van der Waals surface area contributed by atoms with E-state index >= 15 is 4.39 Å². The lowest BCUT2D eigenvalue weighted by Gasteiger charge is -2.36. The van der Waals surface area contributed by atoms with Crippen LogP contribution in [-0.4, -0.2) is 117 Å². The van der Waals surface area contributed by atoms with E-state index in [4.69, 9.17) is 16.0 Å². The fraction of sp³-hybridized carbons (Fsp3) is 0.404. The molecule has 17 heteroatoms. The Bertz CT molecular complexity index is 2840. The van der Waals surface area contributed by atoms with Crippen molar-refractivity contribution in [3.05, 3.63) is 105 Å². The van der Waals surface area contributed by atoms with E-state index in [2.05, 4.69) is 20.2 Å². The Kier molecular flexibility index (Phi) is 11.9. The molecule has 1 N–H and O–H groups in total. The van der Waals surface area contributed by atoms with E-state index < -0.39 is 17.8 Å². The maximum Gasteiger partial charge on any atom is 0.329 e. The number of likely N-dealkylation sites (tertiary alicyclic amines) is 1. The number of carbonyl (C=O) groups excluding carboxylic acids is 4. The number of hydrogen-bond acceptors (Lipinski definition) is 9. The number of imidazole rings is 1. The number of nitrogens with zero attached hydrogens (tertiary/aromatic N) is 8. The minimum atomic E-state index is -0.735. The molecule has 4 amide bonds. The SMILES string of the molecule is CN(C)C(=O)c1cc2c(F)c([C@H]3CCCN(C(=O)CCn4cccn4)C3)cc(-c3ccc(N4CCN(CCc5cccc6c5n(C)c(=O)n6C5CCC(=O)NC5=O)CC4)cc3Cl)c2o1. The number of furan rings is 1. The molecule has 3 aliphatic rings. The average molecular weight is 892 g/mol. The molecule has 0 saturated carbocycles. The Hall–Kier alpha value is -6.26. The molecule has 0 bridgehead atoms. The molecule has 2 atom stereocenters. The van der Waals surface area contributed by atoms with Crippen LogP contribution < -0.4 is 15.9 Å². The Morgan fingerprint density at radius 2 is 1.78 bits per heavy atom. The molecule has 6 heterocycles. The molecule has 0 radical (unpaired) electrons. The monoisotopic (exact) mass is 891 g/mol. The number of fused-ring (bicyclic) bond motifs is 2. The van der Waals surface area contributed by atoms with E-state index in [0.29, 0.717) is 66.1 Å². The highest BCUT2D eigenvalue weighted by Crippen LogP contribution is 2.42. The van der Waals surface area contributed by atoms with Gasteiger partial charge in [-0.1, -0.05) is 29.8 Å². The summed E-state index contributed by atoms with van der Waals surface area (Å²) in [6, 6.07) is 16.0. The van der Waals surface area contributed by atoms with Gasteiger partial charge in [0.2, 0.25) is 17.7 Å². The molecule has 0 aliphatic carbocycles. The van der Waals surface area contributed by atoms with Crippen LogP contribution in [0.5, 0.6) is 0 Å². The van der Waals surface area contributed by atoms with Crippen LogP contribution in [0.15, 0.2) is 76.2 Å². The number of rotatable bonds is 11. The lowest BCUT2D eigenvalue weighted by Crippen LogP contribution is -2.47. The van der Waals surface area contributed by atoms with Crippen molar-refractivity contribution in [3.8, 4) is 11.1 Å². The van der Waals surface area contributed by atoms with Crippen LogP contribution in [0.4, 0.5) is 10.1 Å². The van der Waals surface area contributed by atoms with Crippen LogP contribution in [0, 0.1) is 5.82 Å². The van der Waals surface area contributed by atoms with Crippen molar-refractivity contribution in [2.24, 2.45) is 7.05 Å². The van der Waals surface area contributed by atoms with Crippen molar-refractivity contribution < 1.29 is 28.0 Å². The summed E-state index contributed by atoms with van der Waals surface area (Å²) in [5, 5.41) is 7.23. The summed E-state index contributed by atoms with van der Waals surface area (Å²) < 4.78 is 27.7. The van der Waals surface area contributed by atoms with Crippen LogP contribution in [0.1, 0.15) is 65.7 Å². The summed E-state index contributed by atoms with van der Waals surface area (Å²) in [5.74, 6) is -1.89. The molecule has 3 aromatic carbocycles. The summed E-state index contributed by atoms with van der Waals surface area (Å²) in [6.07, 6.45) is 6.38. The van der Waals surface area contributed by atoms with Crippen molar-refractivity contribution >= 4 is 62.9 Å². The van der Waals surface area contributed by atoms with Gasteiger partial charge in [-0.25, -0.2) is 9.18 Å². The minimum absolute atomic E-state index is 0.00600. The largest absolute Gasteiger partial charge is 0.450 e. The van der Waals surface area contributed by atoms with E-state index in [1.165, 1.54) is 15.5 Å². The maximum absolute atomic E-state index is 16.7. The first-order valence-corrected chi connectivity index (χ1v) is 22.3. The molecule has 1 unspecified atom stereocenters. The first-order valence-electron chi connectivity index (χ1n) is 21.9. The van der Waals surface area contributed by atoms with Crippen molar-refractivity contribution in [2.45, 2.75) is 57.0 Å². The summed E-state index contributed by atoms with van der Waals surface area (Å²) in [4.78, 5) is 72.2. The van der Waals surface area contributed by atoms with Gasteiger partial charge < -0.3 is 19.1 Å². The summed E-state index contributed by atoms with van der Waals surface area (Å²) in [6.45, 7) is 5.30. The number of piperidine rings is 2. The number of aryl methyl sites for hydroxylation is 2. The highest BCUT2D eigenvalue weighted by atomic mass is 35.5. The first-order chi connectivity index (χ1) is 30.9. The molecule has 64 heavy (non-hydrogen) atoms. The fourth-order valence-electron chi connectivity index (χ4n) is 9.65. The highest BCUT2D eigenvalue weighted by molar-refractivity contribution is 6.34. The smallest absolute Gasteiger partial charge is 0.329 e. The van der Waals surface area contributed by atoms with Gasteiger partial charge in [0.15, 0.2) is 5.76 Å². The number of carbonyl (C=O) groups is 4. The summed E-state index contributed by atoms with van der Waals surface area (Å²) >= 11 is 7.14. The second-order valence-corrected chi connectivity index (χ2v) is 17.7. The molecule has 15 nitrogen and oxygen atoms in total. The molecule has 3 saturated heterocycles. The van der Waals surface area contributed by atoms with Gasteiger partial charge >= 0.3 is 5.69 Å². The predicted molar refractivity (Wildman–Crippen MR) is 241 cm³/mol. The fourth-order valence-corrected chi connectivity index (χ4v) is 9.93. The number of amides is 4. The number of anilines is 1. The topological polar surface area (TPSA) is 151 Å². The number of imide groups is 1. The van der Waals surface area contributed by atoms with E-state index in [9.17, 15) is 24.0 Å². The molecule has 0 spiro atoms. The number of hydrogen-bond donors (Lipinski definition) is 1. The molecule has 3 aliphatic heterocycles. The standard InChI is InChI=1S/C47H51ClFN9O6/c1-52(2)46(62)39-27-35-42(49)33(30-8-5-17-56(28-30)41(60)15-20-57-18-6-16-50-57)26-34(44(35)64-39)32-11-10-31(25-36(32)48)55-23-21-54(22-24-55)19-14-29-7-4-9-37-43(29)53(3)47(63)58(37)38-12-13-40(59)51-45(38)61/h4,6-7,9-11,16,18,25-27,30,38H,5,8,12-15,17,19-24,28H2,1-3H3,(H,51,59,61)/t30-,38?/m0/s1. The van der Waals surface area contributed by atoms with Crippen LogP contribution in [0.25, 0.3) is 33.1 Å². The van der Waals surface area contributed by atoms with Gasteiger partial charge in [0.1, 0.15) is 17.4 Å². The number of aromatic nitrogens is 4. The molecule has 334 valence electrons. The first kappa shape index (κ1) is 43.0. The van der Waals surface area contributed by atoms with Crippen molar-refractivity contribution in [3.63, 3.8) is 0 Å². The van der Waals surface area contributed by atoms with Gasteiger partial charge in [-0.3, -0.25) is 43.2 Å². The van der Waals surface area contributed by atoms with Gasteiger partial charge in [0.05, 0.1) is 21.4 Å². The highest BCUT2D eigenvalue weighted by Gasteiger charge is 2.33. The van der Waals surface area contributed by atoms with Crippen molar-refractivity contribution in [1.29, 1.82) is 0 Å². The normalized spacial score (nSPS) is 18.6. The maximum atomic E-state index is 16.7. The molecule has 3 fully saturated rings. The van der Waals surface area contributed by atoms with Crippen LogP contribution >= 0.6 is 11.6 Å². The molecular weight excluding hydrogens is 841 g/mol. The number of para-hydroxylation sites is 1. The summed E-state index contributed by atoms with van der Waals surface area (Å²) in [5.41, 5.74) is 5.06. The van der Waals surface area contributed by atoms with Gasteiger partial charge in [-0.15, -0.1) is 0 Å². The minimum Gasteiger partial charge on any atom is -0.450 e. The Morgan fingerprint density at radius 3 is 2.52 bits per heavy atom. The van der Waals surface area contributed by atoms with E-state index in [1.54, 1.807) is 42.7 Å². The van der Waals surface area contributed by atoms with E-state index in [-0.39, 0.29) is 58.9 Å². The van der Waals surface area contributed by atoms with Crippen LogP contribution in [-0.2, 0) is 34.4 Å². The zero-order valence-corrected chi connectivity index (χ0v) is 36.9. The average Bonchev–Trinajstić information content (AvgIpc) is 4.05. The lowest BCUT2D eigenvalue weighted by molar-refractivity contribution is -0.136. The quantitative estimate of drug-likeness (QED) is 0.165. The van der Waals surface area contributed by atoms with Crippen molar-refractivity contribution in [2.75, 3.05) is 64.8 Å². The van der Waals surface area contributed by atoms with Crippen LogP contribution in [0.3, 0.4) is 0 Å². The third kappa shape index (κ3) is 8.20. The van der Waals surface area contributed by atoms with Crippen LogP contribution in [0.2, 0.25) is 5.02 Å². The molecule has 6 aromatic rings. The summed E-state index contributed by atoms with van der Waals surface area (Å²) in [7, 11) is 4.95. The van der Waals surface area contributed by atoms with E-state index in [0.717, 1.165) is 55.9 Å². The van der Waals surface area contributed by atoms with Crippen molar-refractivity contribution in [1.82, 2.24) is 38.9 Å². The third-order valence-electron chi connectivity index (χ3n) is 13.1.